The Balaban J connectivity index is 2.94. The number of hydrogen-bond acceptors (Lipinski definition) is 2. The maximum absolute atomic E-state index is 11.2. The minimum absolute atomic E-state index is 0.262. The third kappa shape index (κ3) is 3.34. The number of carboxylic acid groups (broad SMARTS) is 1. The lowest BCUT2D eigenvalue weighted by molar-refractivity contribution is -0.142. The number of rotatable bonds is 4. The van der Waals surface area contributed by atoms with Crippen LogP contribution >= 0.6 is 15.9 Å². The van der Waals surface area contributed by atoms with Crippen LogP contribution in [0.2, 0.25) is 0 Å². The largest absolute Gasteiger partial charge is 0.479 e. The van der Waals surface area contributed by atoms with Crippen molar-refractivity contribution in [3.05, 3.63) is 34.3 Å². The molecule has 1 aromatic rings. The zero-order valence-corrected chi connectivity index (χ0v) is 10.3. The number of carbonyl (C=O) groups excluding carboxylic acids is 1. The predicted molar refractivity (Wildman–Crippen MR) is 63.0 cm³/mol. The summed E-state index contributed by atoms with van der Waals surface area (Å²) in [6.07, 6.45) is 0.262. The lowest BCUT2D eigenvalue weighted by Gasteiger charge is -2.14. The Morgan fingerprint density at radius 2 is 2.19 bits per heavy atom. The number of hydrogen-bond donors (Lipinski definition) is 2. The number of halogens is 1. The van der Waals surface area contributed by atoms with Crippen LogP contribution in [0.1, 0.15) is 24.9 Å². The molecule has 0 saturated carbocycles. The number of nitrogens with one attached hydrogen (secondary N) is 1. The molecule has 0 aliphatic carbocycles. The SMILES string of the molecule is CCC(=O)NC(C(=O)O)c1cccc(Br)c1. The van der Waals surface area contributed by atoms with E-state index in [1.807, 2.05) is 0 Å². The summed E-state index contributed by atoms with van der Waals surface area (Å²) in [5, 5.41) is 11.5. The van der Waals surface area contributed by atoms with E-state index in [0.29, 0.717) is 5.56 Å². The number of amides is 1. The molecule has 5 heteroatoms. The van der Waals surface area contributed by atoms with Gasteiger partial charge in [0, 0.05) is 10.9 Å². The average molecular weight is 286 g/mol. The van der Waals surface area contributed by atoms with Gasteiger partial charge < -0.3 is 10.4 Å². The topological polar surface area (TPSA) is 66.4 Å². The van der Waals surface area contributed by atoms with Gasteiger partial charge in [-0.05, 0) is 17.7 Å². The normalized spacial score (nSPS) is 11.9. The lowest BCUT2D eigenvalue weighted by atomic mass is 10.1. The second kappa shape index (κ2) is 5.65. The number of aliphatic carboxylic acids is 1. The van der Waals surface area contributed by atoms with Gasteiger partial charge in [-0.3, -0.25) is 4.79 Å². The Labute approximate surface area is 102 Å². The van der Waals surface area contributed by atoms with Crippen LogP contribution in [-0.2, 0) is 9.59 Å². The van der Waals surface area contributed by atoms with Crippen molar-refractivity contribution in [1.82, 2.24) is 5.32 Å². The molecule has 0 aliphatic rings. The smallest absolute Gasteiger partial charge is 0.330 e. The van der Waals surface area contributed by atoms with Gasteiger partial charge in [0.2, 0.25) is 5.91 Å². The van der Waals surface area contributed by atoms with Gasteiger partial charge in [0.25, 0.3) is 0 Å². The van der Waals surface area contributed by atoms with E-state index in [1.165, 1.54) is 0 Å². The van der Waals surface area contributed by atoms with E-state index in [9.17, 15) is 9.59 Å². The summed E-state index contributed by atoms with van der Waals surface area (Å²) in [6, 6.07) is 5.87. The zero-order valence-electron chi connectivity index (χ0n) is 8.74. The van der Waals surface area contributed by atoms with Gasteiger partial charge in [-0.15, -0.1) is 0 Å². The average Bonchev–Trinajstić information content (AvgIpc) is 2.25. The Morgan fingerprint density at radius 1 is 1.50 bits per heavy atom. The quantitative estimate of drug-likeness (QED) is 0.890. The Hall–Kier alpha value is -1.36. The van der Waals surface area contributed by atoms with E-state index < -0.39 is 12.0 Å². The summed E-state index contributed by atoms with van der Waals surface area (Å²) in [5.41, 5.74) is 0.545. The molecule has 0 aromatic heterocycles. The van der Waals surface area contributed by atoms with Crippen molar-refractivity contribution in [3.8, 4) is 0 Å². The molecule has 0 spiro atoms. The molecule has 0 radical (unpaired) electrons. The summed E-state index contributed by atoms with van der Waals surface area (Å²) in [7, 11) is 0. The Kier molecular flexibility index (Phi) is 4.49. The van der Waals surface area contributed by atoms with Gasteiger partial charge in [0.1, 0.15) is 0 Å². The van der Waals surface area contributed by atoms with Crippen LogP contribution in [0.25, 0.3) is 0 Å². The molecule has 86 valence electrons. The van der Waals surface area contributed by atoms with Crippen LogP contribution in [0.5, 0.6) is 0 Å². The number of carbonyl (C=O) groups is 2. The van der Waals surface area contributed by atoms with E-state index in [0.717, 1.165) is 4.47 Å². The monoisotopic (exact) mass is 285 g/mol. The lowest BCUT2D eigenvalue weighted by Crippen LogP contribution is -2.33. The first kappa shape index (κ1) is 12.7. The number of benzene rings is 1. The van der Waals surface area contributed by atoms with Gasteiger partial charge in [0.15, 0.2) is 6.04 Å². The van der Waals surface area contributed by atoms with Gasteiger partial charge in [-0.2, -0.15) is 0 Å². The fourth-order valence-electron chi connectivity index (χ4n) is 1.24. The summed E-state index contributed by atoms with van der Waals surface area (Å²) in [6.45, 7) is 1.68. The molecule has 0 fully saturated rings. The molecular formula is C11H12BrNO3. The van der Waals surface area contributed by atoms with E-state index in [4.69, 9.17) is 5.11 Å². The van der Waals surface area contributed by atoms with Crippen molar-refractivity contribution < 1.29 is 14.7 Å². The molecule has 16 heavy (non-hydrogen) atoms. The third-order valence-corrected chi connectivity index (χ3v) is 2.55. The predicted octanol–water partition coefficient (Wildman–Crippen LogP) is 2.10. The molecule has 1 aromatic carbocycles. The van der Waals surface area contributed by atoms with Crippen LogP contribution in [0, 0.1) is 0 Å². The standard InChI is InChI=1S/C11H12BrNO3/c1-2-9(14)13-10(11(15)16)7-4-3-5-8(12)6-7/h3-6,10H,2H2,1H3,(H,13,14)(H,15,16). The highest BCUT2D eigenvalue weighted by Crippen LogP contribution is 2.18. The van der Waals surface area contributed by atoms with Crippen molar-refractivity contribution in [2.75, 3.05) is 0 Å². The van der Waals surface area contributed by atoms with E-state index in [1.54, 1.807) is 31.2 Å². The minimum atomic E-state index is -1.07. The van der Waals surface area contributed by atoms with Gasteiger partial charge >= 0.3 is 5.97 Å². The molecule has 1 rings (SSSR count). The molecule has 1 amide bonds. The maximum Gasteiger partial charge on any atom is 0.330 e. The molecule has 0 saturated heterocycles. The molecule has 0 aliphatic heterocycles. The Bertz CT molecular complexity index is 406. The van der Waals surface area contributed by atoms with E-state index >= 15 is 0 Å². The first-order chi connectivity index (χ1) is 7.54. The fraction of sp³-hybridized carbons (Fsp3) is 0.273. The highest BCUT2D eigenvalue weighted by molar-refractivity contribution is 9.10. The van der Waals surface area contributed by atoms with E-state index in [-0.39, 0.29) is 12.3 Å². The van der Waals surface area contributed by atoms with Crippen molar-refractivity contribution >= 4 is 27.8 Å². The number of carboxylic acids is 1. The second-order valence-corrected chi connectivity index (χ2v) is 4.16. The van der Waals surface area contributed by atoms with Gasteiger partial charge in [-0.25, -0.2) is 4.79 Å². The molecule has 1 atom stereocenters. The van der Waals surface area contributed by atoms with Gasteiger partial charge in [0.05, 0.1) is 0 Å². The maximum atomic E-state index is 11.2. The van der Waals surface area contributed by atoms with Crippen LogP contribution in [0.3, 0.4) is 0 Å². The van der Waals surface area contributed by atoms with Crippen molar-refractivity contribution in [2.24, 2.45) is 0 Å². The summed E-state index contributed by atoms with van der Waals surface area (Å²) < 4.78 is 0.780. The van der Waals surface area contributed by atoms with Gasteiger partial charge in [-0.1, -0.05) is 35.0 Å². The van der Waals surface area contributed by atoms with E-state index in [2.05, 4.69) is 21.2 Å². The summed E-state index contributed by atoms with van der Waals surface area (Å²) in [5.74, 6) is -1.35. The Morgan fingerprint density at radius 3 is 2.69 bits per heavy atom. The third-order valence-electron chi connectivity index (χ3n) is 2.06. The molecule has 1 unspecified atom stereocenters. The molecule has 2 N–H and O–H groups in total. The zero-order chi connectivity index (χ0) is 12.1. The summed E-state index contributed by atoms with van der Waals surface area (Å²) in [4.78, 5) is 22.2. The minimum Gasteiger partial charge on any atom is -0.479 e. The van der Waals surface area contributed by atoms with Crippen LogP contribution < -0.4 is 5.32 Å². The fourth-order valence-corrected chi connectivity index (χ4v) is 1.65. The van der Waals surface area contributed by atoms with Crippen LogP contribution in [-0.4, -0.2) is 17.0 Å². The van der Waals surface area contributed by atoms with Crippen molar-refractivity contribution in [3.63, 3.8) is 0 Å². The first-order valence-corrected chi connectivity index (χ1v) is 5.61. The van der Waals surface area contributed by atoms with Crippen LogP contribution in [0.15, 0.2) is 28.7 Å². The first-order valence-electron chi connectivity index (χ1n) is 4.82. The second-order valence-electron chi connectivity index (χ2n) is 3.25. The highest BCUT2D eigenvalue weighted by atomic mass is 79.9. The molecule has 0 heterocycles. The molecule has 4 nitrogen and oxygen atoms in total. The van der Waals surface area contributed by atoms with Crippen molar-refractivity contribution in [2.45, 2.75) is 19.4 Å². The molecular weight excluding hydrogens is 274 g/mol. The van der Waals surface area contributed by atoms with Crippen molar-refractivity contribution in [1.29, 1.82) is 0 Å². The van der Waals surface area contributed by atoms with Crippen LogP contribution in [0.4, 0.5) is 0 Å². The summed E-state index contributed by atoms with van der Waals surface area (Å²) >= 11 is 3.26. The highest BCUT2D eigenvalue weighted by Gasteiger charge is 2.21. The molecule has 0 bridgehead atoms.